The van der Waals surface area contributed by atoms with Gasteiger partial charge in [0.25, 0.3) is 5.91 Å². The minimum atomic E-state index is -1.77. The molecular formula is C20H28N2O9. The van der Waals surface area contributed by atoms with Crippen LogP contribution in [0, 0.1) is 11.3 Å². The third-order valence-electron chi connectivity index (χ3n) is 4.45. The van der Waals surface area contributed by atoms with Crippen LogP contribution in [0.1, 0.15) is 54.8 Å². The van der Waals surface area contributed by atoms with Crippen molar-refractivity contribution in [3.63, 3.8) is 0 Å². The number of carbonyl (C=O) groups is 5. The van der Waals surface area contributed by atoms with Crippen molar-refractivity contribution in [1.82, 2.24) is 5.32 Å². The molecule has 11 nitrogen and oxygen atoms in total. The first-order valence-corrected chi connectivity index (χ1v) is 9.16. The Labute approximate surface area is 178 Å². The molecule has 1 aromatic carbocycles. The van der Waals surface area contributed by atoms with Crippen molar-refractivity contribution in [2.45, 2.75) is 46.2 Å². The minimum Gasteiger partial charge on any atom is -0.481 e. The molecule has 0 fully saturated rings. The molecule has 0 saturated carbocycles. The molecule has 0 aliphatic heterocycles. The molecule has 1 unspecified atom stereocenters. The van der Waals surface area contributed by atoms with Crippen molar-refractivity contribution < 1.29 is 44.4 Å². The molecule has 0 heterocycles. The van der Waals surface area contributed by atoms with E-state index < -0.39 is 42.3 Å². The number of amides is 1. The molecule has 0 aliphatic rings. The van der Waals surface area contributed by atoms with Gasteiger partial charge in [0.05, 0.1) is 11.1 Å². The second-order valence-electron chi connectivity index (χ2n) is 7.82. The predicted octanol–water partition coefficient (Wildman–Crippen LogP) is 1.12. The monoisotopic (exact) mass is 440 g/mol. The van der Waals surface area contributed by atoms with Gasteiger partial charge in [0.15, 0.2) is 5.92 Å². The van der Waals surface area contributed by atoms with Gasteiger partial charge in [-0.3, -0.25) is 19.2 Å². The number of rotatable bonds is 8. The van der Waals surface area contributed by atoms with Crippen molar-refractivity contribution in [2.24, 2.45) is 17.1 Å². The highest BCUT2D eigenvalue weighted by molar-refractivity contribution is 6.04. The highest BCUT2D eigenvalue weighted by Crippen LogP contribution is 2.19. The van der Waals surface area contributed by atoms with Gasteiger partial charge >= 0.3 is 23.9 Å². The summed E-state index contributed by atoms with van der Waals surface area (Å²) >= 11 is 0. The van der Waals surface area contributed by atoms with E-state index in [1.165, 1.54) is 12.1 Å². The van der Waals surface area contributed by atoms with Gasteiger partial charge in [0.2, 0.25) is 0 Å². The molecule has 0 bridgehead atoms. The molecule has 172 valence electrons. The first-order chi connectivity index (χ1) is 14.1. The second-order valence-corrected chi connectivity index (χ2v) is 7.82. The smallest absolute Gasteiger partial charge is 0.336 e. The minimum absolute atomic E-state index is 0.0242. The van der Waals surface area contributed by atoms with E-state index in [4.69, 9.17) is 26.2 Å². The van der Waals surface area contributed by atoms with Crippen molar-refractivity contribution in [1.29, 1.82) is 0 Å². The number of carbonyl (C=O) groups excluding carboxylic acids is 1. The Morgan fingerprint density at radius 3 is 1.71 bits per heavy atom. The number of benzene rings is 1. The van der Waals surface area contributed by atoms with Crippen molar-refractivity contribution in [3.05, 3.63) is 35.4 Å². The maximum absolute atomic E-state index is 12.1. The molecule has 0 aliphatic carbocycles. The largest absolute Gasteiger partial charge is 0.481 e. The molecule has 11 heteroatoms. The van der Waals surface area contributed by atoms with E-state index in [-0.39, 0.29) is 28.5 Å². The van der Waals surface area contributed by atoms with Crippen molar-refractivity contribution in [3.8, 4) is 0 Å². The normalized spacial score (nSPS) is 12.7. The van der Waals surface area contributed by atoms with Crippen LogP contribution in [0.5, 0.6) is 0 Å². The fourth-order valence-electron chi connectivity index (χ4n) is 2.02. The molecule has 0 aromatic heterocycles. The quantitative estimate of drug-likeness (QED) is 0.318. The fraction of sp³-hybridized carbons (Fsp3) is 0.450. The fourth-order valence-corrected chi connectivity index (χ4v) is 2.02. The summed E-state index contributed by atoms with van der Waals surface area (Å²) in [6, 6.07) is 4.69. The first-order valence-electron chi connectivity index (χ1n) is 9.16. The zero-order valence-corrected chi connectivity index (χ0v) is 17.7. The summed E-state index contributed by atoms with van der Waals surface area (Å²) in [5, 5.41) is 36.8. The topological polar surface area (TPSA) is 204 Å². The number of nitrogens with one attached hydrogen (secondary N) is 1. The van der Waals surface area contributed by atoms with E-state index in [0.29, 0.717) is 0 Å². The standard InChI is InChI=1S/C14H19NO3.C6H9NO6/c1-9(14(2,3)4)15-12(16)10-7-5-6-8-11(10)13(17)18;7-3(6(12)13)1-2(4(8)9)5(10)11/h5-9H,1-4H3,(H,15,16)(H,17,18);2-3H,1,7H2,(H,8,9)(H,10,11)(H,12,13)/t;3-/m.0/s1. The molecule has 0 spiro atoms. The van der Waals surface area contributed by atoms with Crippen LogP contribution in [0.3, 0.4) is 0 Å². The van der Waals surface area contributed by atoms with Gasteiger partial charge in [-0.1, -0.05) is 32.9 Å². The van der Waals surface area contributed by atoms with Gasteiger partial charge in [-0.25, -0.2) is 4.79 Å². The lowest BCUT2D eigenvalue weighted by atomic mass is 9.88. The molecule has 1 aromatic rings. The summed E-state index contributed by atoms with van der Waals surface area (Å²) in [7, 11) is 0. The van der Waals surface area contributed by atoms with E-state index in [9.17, 15) is 24.0 Å². The van der Waals surface area contributed by atoms with Gasteiger partial charge in [-0.2, -0.15) is 0 Å². The number of nitrogens with two attached hydrogens (primary N) is 1. The summed E-state index contributed by atoms with van der Waals surface area (Å²) < 4.78 is 0. The Morgan fingerprint density at radius 2 is 1.35 bits per heavy atom. The Bertz CT molecular complexity index is 816. The van der Waals surface area contributed by atoms with Crippen LogP contribution < -0.4 is 11.1 Å². The summed E-state index contributed by atoms with van der Waals surface area (Å²) in [5.41, 5.74) is 5.11. The Kier molecular flexibility index (Phi) is 10.3. The third kappa shape index (κ3) is 9.26. The Balaban J connectivity index is 0.000000615. The second kappa shape index (κ2) is 11.6. The Morgan fingerprint density at radius 1 is 0.903 bits per heavy atom. The molecule has 31 heavy (non-hydrogen) atoms. The van der Waals surface area contributed by atoms with E-state index in [2.05, 4.69) is 5.32 Å². The van der Waals surface area contributed by atoms with Gasteiger partial charge in [-0.15, -0.1) is 0 Å². The molecule has 1 amide bonds. The number of carboxylic acid groups (broad SMARTS) is 4. The first kappa shape index (κ1) is 27.5. The van der Waals surface area contributed by atoms with Gasteiger partial charge in [0, 0.05) is 6.04 Å². The highest BCUT2D eigenvalue weighted by Gasteiger charge is 2.30. The number of aromatic carboxylic acids is 1. The highest BCUT2D eigenvalue weighted by atomic mass is 16.4. The molecular weight excluding hydrogens is 412 g/mol. The molecule has 7 N–H and O–H groups in total. The van der Waals surface area contributed by atoms with E-state index in [1.54, 1.807) is 12.1 Å². The van der Waals surface area contributed by atoms with Crippen LogP contribution in [-0.2, 0) is 14.4 Å². The number of carboxylic acids is 4. The summed E-state index contributed by atoms with van der Waals surface area (Å²) in [6.07, 6.45) is -0.625. The molecule has 2 atom stereocenters. The van der Waals surface area contributed by atoms with Gasteiger partial charge < -0.3 is 31.5 Å². The lowest BCUT2D eigenvalue weighted by Crippen LogP contribution is -2.41. The van der Waals surface area contributed by atoms with Crippen molar-refractivity contribution >= 4 is 29.8 Å². The maximum Gasteiger partial charge on any atom is 0.336 e. The average molecular weight is 440 g/mol. The lowest BCUT2D eigenvalue weighted by Gasteiger charge is -2.28. The zero-order valence-electron chi connectivity index (χ0n) is 17.7. The van der Waals surface area contributed by atoms with E-state index >= 15 is 0 Å². The number of aliphatic carboxylic acids is 3. The van der Waals surface area contributed by atoms with Crippen LogP contribution in [-0.4, -0.2) is 62.3 Å². The lowest BCUT2D eigenvalue weighted by molar-refractivity contribution is -0.155. The van der Waals surface area contributed by atoms with E-state index in [1.807, 2.05) is 27.7 Å². The van der Waals surface area contributed by atoms with Crippen LogP contribution >= 0.6 is 0 Å². The number of hydrogen-bond acceptors (Lipinski definition) is 6. The zero-order chi connectivity index (χ0) is 24.5. The van der Waals surface area contributed by atoms with Crippen LogP contribution in [0.25, 0.3) is 0 Å². The van der Waals surface area contributed by atoms with Crippen LogP contribution in [0.15, 0.2) is 24.3 Å². The summed E-state index contributed by atoms with van der Waals surface area (Å²) in [4.78, 5) is 53.8. The SMILES string of the molecule is CC(NC(=O)c1ccccc1C(=O)O)C(C)(C)C.N[C@@H](CC(C(=O)O)C(=O)O)C(=O)O. The van der Waals surface area contributed by atoms with Crippen molar-refractivity contribution in [2.75, 3.05) is 0 Å². The van der Waals surface area contributed by atoms with Gasteiger partial charge in [-0.05, 0) is 30.9 Å². The van der Waals surface area contributed by atoms with Gasteiger partial charge in [0.1, 0.15) is 6.04 Å². The Hall–Kier alpha value is -3.47. The number of hydrogen-bond donors (Lipinski definition) is 6. The third-order valence-corrected chi connectivity index (χ3v) is 4.45. The predicted molar refractivity (Wildman–Crippen MR) is 109 cm³/mol. The molecule has 0 saturated heterocycles. The summed E-state index contributed by atoms with van der Waals surface area (Å²) in [5.74, 6) is -7.83. The van der Waals surface area contributed by atoms with Crippen LogP contribution in [0.2, 0.25) is 0 Å². The molecule has 0 radical (unpaired) electrons. The molecule has 1 rings (SSSR count). The van der Waals surface area contributed by atoms with E-state index in [0.717, 1.165) is 0 Å². The summed E-state index contributed by atoms with van der Waals surface area (Å²) in [6.45, 7) is 7.95. The average Bonchev–Trinajstić information content (AvgIpc) is 2.64. The van der Waals surface area contributed by atoms with Crippen LogP contribution in [0.4, 0.5) is 0 Å². The maximum atomic E-state index is 12.1.